The fourth-order valence-electron chi connectivity index (χ4n) is 4.82. The van der Waals surface area contributed by atoms with Gasteiger partial charge in [-0.25, -0.2) is 0 Å². The van der Waals surface area contributed by atoms with Gasteiger partial charge < -0.3 is 19.0 Å². The maximum absolute atomic E-state index is 13.7. The molecule has 1 aliphatic heterocycles. The highest BCUT2D eigenvalue weighted by Gasteiger charge is 2.47. The number of Topliss-reactive ketones (excluding diaryl/α,β-unsaturated/α-hetero) is 1. The summed E-state index contributed by atoms with van der Waals surface area (Å²) in [5, 5.41) is 20.5. The lowest BCUT2D eigenvalue weighted by Gasteiger charge is -2.25. The highest BCUT2D eigenvalue weighted by atomic mass is 35.5. The van der Waals surface area contributed by atoms with Gasteiger partial charge in [-0.15, -0.1) is 10.2 Å². The summed E-state index contributed by atoms with van der Waals surface area (Å²) in [5.74, 6) is -0.667. The number of amides is 1. The zero-order valence-electron chi connectivity index (χ0n) is 23.9. The third-order valence-corrected chi connectivity index (χ3v) is 9.40. The zero-order chi connectivity index (χ0) is 31.3. The average Bonchev–Trinajstić information content (AvgIpc) is 3.81. The number of hydrogen-bond donors (Lipinski definition) is 1. The van der Waals surface area contributed by atoms with Crippen LogP contribution in [0.1, 0.15) is 40.2 Å². The molecule has 45 heavy (non-hydrogen) atoms. The van der Waals surface area contributed by atoms with Gasteiger partial charge in [-0.2, -0.15) is 0 Å². The van der Waals surface area contributed by atoms with E-state index >= 15 is 0 Å². The molecule has 5 aromatic rings. The Morgan fingerprint density at radius 3 is 2.58 bits per heavy atom. The molecule has 1 aliphatic rings. The molecule has 1 unspecified atom stereocenters. The molecule has 9 nitrogen and oxygen atoms in total. The van der Waals surface area contributed by atoms with Crippen LogP contribution in [0.4, 0.5) is 5.13 Å². The van der Waals surface area contributed by atoms with E-state index in [0.29, 0.717) is 45.4 Å². The number of ketones is 1. The number of halogens is 1. The summed E-state index contributed by atoms with van der Waals surface area (Å²) in [6.45, 7) is 2.51. The molecule has 0 saturated heterocycles. The first-order chi connectivity index (χ1) is 21.9. The van der Waals surface area contributed by atoms with Gasteiger partial charge in [0, 0.05) is 10.8 Å². The third-order valence-electron chi connectivity index (χ3n) is 6.93. The molecule has 3 aromatic carbocycles. The fraction of sp³-hybridized carbons (Fsp3) is 0.152. The van der Waals surface area contributed by atoms with Gasteiger partial charge in [0.2, 0.25) is 10.9 Å². The summed E-state index contributed by atoms with van der Waals surface area (Å²) in [6, 6.07) is 24.4. The predicted octanol–water partition coefficient (Wildman–Crippen LogP) is 7.84. The highest BCUT2D eigenvalue weighted by Crippen LogP contribution is 2.45. The lowest BCUT2D eigenvalue weighted by atomic mass is 9.95. The van der Waals surface area contributed by atoms with Crippen LogP contribution in [0, 0.1) is 0 Å². The second kappa shape index (κ2) is 13.6. The lowest BCUT2D eigenvalue weighted by Crippen LogP contribution is -2.31. The van der Waals surface area contributed by atoms with Crippen LogP contribution in [0.3, 0.4) is 0 Å². The lowest BCUT2D eigenvalue weighted by molar-refractivity contribution is -0.117. The van der Waals surface area contributed by atoms with Gasteiger partial charge in [0.05, 0.1) is 24.5 Å². The van der Waals surface area contributed by atoms with Gasteiger partial charge in [-0.3, -0.25) is 14.5 Å². The number of ether oxygens (including phenoxy) is 2. The number of furan rings is 1. The second-order valence-electron chi connectivity index (χ2n) is 9.79. The molecular weight excluding hydrogens is 634 g/mol. The van der Waals surface area contributed by atoms with E-state index in [1.807, 2.05) is 61.5 Å². The number of carbonyl (C=O) groups excluding carboxylic acids is 2. The number of carbonyl (C=O) groups is 2. The van der Waals surface area contributed by atoms with Gasteiger partial charge in [-0.05, 0) is 53.9 Å². The Bertz CT molecular complexity index is 1860. The van der Waals surface area contributed by atoms with E-state index in [4.69, 9.17) is 25.5 Å². The molecule has 0 bridgehead atoms. The number of hydrogen-bond acceptors (Lipinski definition) is 10. The summed E-state index contributed by atoms with van der Waals surface area (Å²) in [5.41, 5.74) is 2.27. The summed E-state index contributed by atoms with van der Waals surface area (Å²) in [7, 11) is 0. The first kappa shape index (κ1) is 30.4. The van der Waals surface area contributed by atoms with E-state index in [2.05, 4.69) is 10.2 Å². The van der Waals surface area contributed by atoms with Crippen LogP contribution >= 0.6 is 34.7 Å². The Kier molecular flexibility index (Phi) is 9.20. The molecule has 0 saturated carbocycles. The minimum atomic E-state index is -1.05. The largest absolute Gasteiger partial charge is 0.503 e. The molecule has 228 valence electrons. The van der Waals surface area contributed by atoms with E-state index in [9.17, 15) is 14.7 Å². The smallest absolute Gasteiger partial charge is 0.296 e. The van der Waals surface area contributed by atoms with Crippen LogP contribution in [-0.2, 0) is 17.2 Å². The number of aromatic nitrogens is 2. The van der Waals surface area contributed by atoms with Crippen molar-refractivity contribution in [3.8, 4) is 11.5 Å². The molecule has 12 heteroatoms. The molecule has 3 heterocycles. The van der Waals surface area contributed by atoms with Crippen LogP contribution in [0.2, 0.25) is 5.02 Å². The van der Waals surface area contributed by atoms with Crippen LogP contribution in [0.25, 0.3) is 0 Å². The van der Waals surface area contributed by atoms with Crippen molar-refractivity contribution in [2.75, 3.05) is 11.5 Å². The van der Waals surface area contributed by atoms with Crippen molar-refractivity contribution in [1.82, 2.24) is 10.2 Å². The minimum Gasteiger partial charge on any atom is -0.503 e. The first-order valence-corrected chi connectivity index (χ1v) is 16.1. The van der Waals surface area contributed by atoms with Crippen LogP contribution in [0.5, 0.6) is 11.5 Å². The van der Waals surface area contributed by atoms with Crippen LogP contribution < -0.4 is 14.4 Å². The minimum absolute atomic E-state index is 0.0164. The number of anilines is 1. The van der Waals surface area contributed by atoms with Gasteiger partial charge in [0.15, 0.2) is 27.4 Å². The normalized spacial score (nSPS) is 14.7. The SMILES string of the molecule is CCOc1cc(C2C(C(=O)c3ccco3)=C(O)C(=O)N2c2nnc(SCc3ccccc3Cl)s2)ccc1OCc1ccccc1. The number of thioether (sulfide) groups is 1. The Labute approximate surface area is 272 Å². The number of aliphatic hydroxyl groups excluding tert-OH is 1. The molecule has 1 amide bonds. The topological polar surface area (TPSA) is 115 Å². The Morgan fingerprint density at radius 1 is 1.02 bits per heavy atom. The summed E-state index contributed by atoms with van der Waals surface area (Å²) >= 11 is 8.90. The van der Waals surface area contributed by atoms with Crippen molar-refractivity contribution in [3.63, 3.8) is 0 Å². The van der Waals surface area contributed by atoms with Crippen LogP contribution in [-0.4, -0.2) is 33.6 Å². The monoisotopic (exact) mass is 659 g/mol. The number of benzene rings is 3. The third kappa shape index (κ3) is 6.46. The second-order valence-corrected chi connectivity index (χ2v) is 12.4. The molecule has 0 fully saturated rings. The standard InChI is InChI=1S/C33H26ClN3O6S2/c1-2-41-26-17-21(14-15-24(26)43-18-20-9-4-3-5-10-20)28-27(29(38)25-13-8-16-42-25)30(39)31(40)37(28)32-35-36-33(45-32)44-19-22-11-6-7-12-23(22)34/h3-17,28,39H,2,18-19H2,1H3. The van der Waals surface area contributed by atoms with Crippen molar-refractivity contribution in [2.45, 2.75) is 29.7 Å². The average molecular weight is 660 g/mol. The number of aliphatic hydroxyl groups is 1. The Hall–Kier alpha value is -4.58. The maximum atomic E-state index is 13.7. The summed E-state index contributed by atoms with van der Waals surface area (Å²) < 4.78 is 17.9. The zero-order valence-corrected chi connectivity index (χ0v) is 26.3. The molecule has 0 radical (unpaired) electrons. The number of nitrogens with zero attached hydrogens (tertiary/aromatic N) is 3. The van der Waals surface area contributed by atoms with E-state index in [1.54, 1.807) is 24.3 Å². The molecule has 0 spiro atoms. The molecule has 1 atom stereocenters. The van der Waals surface area contributed by atoms with Crippen molar-refractivity contribution in [3.05, 3.63) is 130 Å². The first-order valence-electron chi connectivity index (χ1n) is 13.9. The van der Waals surface area contributed by atoms with Gasteiger partial charge in [0.25, 0.3) is 5.91 Å². The van der Waals surface area contributed by atoms with Gasteiger partial charge in [-0.1, -0.05) is 89.3 Å². The van der Waals surface area contributed by atoms with Crippen molar-refractivity contribution >= 4 is 51.5 Å². The predicted molar refractivity (Wildman–Crippen MR) is 172 cm³/mol. The molecular formula is C33H26ClN3O6S2. The highest BCUT2D eigenvalue weighted by molar-refractivity contribution is 8.00. The fourth-order valence-corrected chi connectivity index (χ4v) is 6.97. The molecule has 2 aromatic heterocycles. The summed E-state index contributed by atoms with van der Waals surface area (Å²) in [6.07, 6.45) is 1.35. The van der Waals surface area contributed by atoms with E-state index in [1.165, 1.54) is 40.3 Å². The van der Waals surface area contributed by atoms with E-state index in [-0.39, 0.29) is 16.5 Å². The van der Waals surface area contributed by atoms with Crippen molar-refractivity contribution < 1.29 is 28.6 Å². The van der Waals surface area contributed by atoms with Crippen molar-refractivity contribution in [2.24, 2.45) is 0 Å². The quantitative estimate of drug-likeness (QED) is 0.0812. The van der Waals surface area contributed by atoms with Crippen LogP contribution in [0.15, 0.2) is 111 Å². The van der Waals surface area contributed by atoms with E-state index in [0.717, 1.165) is 11.1 Å². The maximum Gasteiger partial charge on any atom is 0.296 e. The molecule has 6 rings (SSSR count). The summed E-state index contributed by atoms with van der Waals surface area (Å²) in [4.78, 5) is 28.6. The molecule has 1 N–H and O–H groups in total. The Balaban J connectivity index is 1.35. The number of rotatable bonds is 12. The van der Waals surface area contributed by atoms with E-state index < -0.39 is 23.5 Å². The van der Waals surface area contributed by atoms with Crippen molar-refractivity contribution in [1.29, 1.82) is 0 Å². The molecule has 0 aliphatic carbocycles. The Morgan fingerprint density at radius 2 is 1.82 bits per heavy atom. The van der Waals surface area contributed by atoms with Gasteiger partial charge >= 0.3 is 0 Å². The van der Waals surface area contributed by atoms with Gasteiger partial charge in [0.1, 0.15) is 6.61 Å².